The van der Waals surface area contributed by atoms with Gasteiger partial charge in [0.1, 0.15) is 11.2 Å². The summed E-state index contributed by atoms with van der Waals surface area (Å²) in [5.41, 5.74) is 14.0. The highest BCUT2D eigenvalue weighted by molar-refractivity contribution is 6.14. The molecule has 0 fully saturated rings. The van der Waals surface area contributed by atoms with E-state index in [2.05, 4.69) is 168 Å². The number of aromatic nitrogens is 1. The molecule has 0 spiro atoms. The van der Waals surface area contributed by atoms with Crippen LogP contribution in [-0.2, 0) is 10.8 Å². The van der Waals surface area contributed by atoms with Crippen LogP contribution in [0.2, 0.25) is 0 Å². The van der Waals surface area contributed by atoms with Crippen molar-refractivity contribution in [3.05, 3.63) is 132 Å². The largest absolute Gasteiger partial charge is 0.455 e. The molecule has 0 saturated carbocycles. The quantitative estimate of drug-likeness (QED) is 0.216. The van der Waals surface area contributed by atoms with Crippen molar-refractivity contribution < 1.29 is 4.42 Å². The summed E-state index contributed by atoms with van der Waals surface area (Å²) in [6.07, 6.45) is 0. The summed E-state index contributed by atoms with van der Waals surface area (Å²) in [6, 6.07) is 44.5. The number of para-hydroxylation sites is 1. The molecule has 226 valence electrons. The van der Waals surface area contributed by atoms with E-state index in [9.17, 15) is 0 Å². The van der Waals surface area contributed by atoms with Crippen LogP contribution in [0.25, 0.3) is 77.1 Å². The van der Waals surface area contributed by atoms with Crippen molar-refractivity contribution >= 4 is 43.7 Å². The van der Waals surface area contributed by atoms with Crippen molar-refractivity contribution in [1.29, 1.82) is 0 Å². The molecule has 2 nitrogen and oxygen atoms in total. The summed E-state index contributed by atoms with van der Waals surface area (Å²) >= 11 is 0. The van der Waals surface area contributed by atoms with Gasteiger partial charge < -0.3 is 9.40 Å². The molecule has 2 heteroatoms. The Labute approximate surface area is 270 Å². The van der Waals surface area contributed by atoms with Gasteiger partial charge in [0.2, 0.25) is 0 Å². The maximum absolute atomic E-state index is 6.72. The van der Waals surface area contributed by atoms with Crippen molar-refractivity contribution in [3.63, 3.8) is 0 Å². The van der Waals surface area contributed by atoms with E-state index in [1.54, 1.807) is 0 Å². The zero-order valence-corrected chi connectivity index (χ0v) is 27.5. The van der Waals surface area contributed by atoms with Crippen molar-refractivity contribution in [2.24, 2.45) is 0 Å². The minimum atomic E-state index is 0.102. The molecule has 0 atom stereocenters. The Morgan fingerprint density at radius 3 is 1.65 bits per heavy atom. The lowest BCUT2D eigenvalue weighted by molar-refractivity contribution is 0.590. The van der Waals surface area contributed by atoms with Crippen LogP contribution in [0.4, 0.5) is 0 Å². The monoisotopic (exact) mass is 597 g/mol. The van der Waals surface area contributed by atoms with Crippen molar-refractivity contribution in [2.45, 2.75) is 52.4 Å². The van der Waals surface area contributed by atoms with Gasteiger partial charge in [0.25, 0.3) is 0 Å². The molecular formula is C44H39NO. The molecule has 8 aromatic rings. The van der Waals surface area contributed by atoms with E-state index in [0.717, 1.165) is 44.1 Å². The molecule has 0 saturated heterocycles. The van der Waals surface area contributed by atoms with Crippen LogP contribution < -0.4 is 0 Å². The van der Waals surface area contributed by atoms with E-state index in [0.29, 0.717) is 0 Å². The maximum atomic E-state index is 6.72. The molecule has 6 aromatic carbocycles. The van der Waals surface area contributed by atoms with Gasteiger partial charge in [-0.1, -0.05) is 120 Å². The molecule has 46 heavy (non-hydrogen) atoms. The highest BCUT2D eigenvalue weighted by Gasteiger charge is 2.19. The zero-order chi connectivity index (χ0) is 31.8. The number of aromatic amines is 1. The average Bonchev–Trinajstić information content (AvgIpc) is 3.61. The number of rotatable bonds is 3. The number of fused-ring (bicyclic) bond motifs is 6. The summed E-state index contributed by atoms with van der Waals surface area (Å²) in [5, 5.41) is 4.72. The van der Waals surface area contributed by atoms with E-state index in [1.165, 1.54) is 44.2 Å². The fourth-order valence-electron chi connectivity index (χ4n) is 6.78. The number of furan rings is 1. The standard InChI is InChI=1S/C44H39NO/c1-43(2,3)32-17-11-27(12-18-32)29-16-22-41-37(23-29)38-26-31(28-13-19-33(20-14-28)44(4,5)6)25-35(42(38)46-41)30-15-21-40-36(24-30)34-9-7-8-10-39(34)45-40/h7-26,45H,1-6H3. The van der Waals surface area contributed by atoms with Gasteiger partial charge in [-0.2, -0.15) is 0 Å². The summed E-state index contributed by atoms with van der Waals surface area (Å²) in [7, 11) is 0. The fourth-order valence-corrected chi connectivity index (χ4v) is 6.78. The normalized spacial score (nSPS) is 12.6. The number of H-pyrrole nitrogens is 1. The third-order valence-electron chi connectivity index (χ3n) is 9.56. The second-order valence-corrected chi connectivity index (χ2v) is 14.8. The van der Waals surface area contributed by atoms with Crippen molar-refractivity contribution in [1.82, 2.24) is 4.98 Å². The van der Waals surface area contributed by atoms with Crippen LogP contribution >= 0.6 is 0 Å². The molecule has 0 radical (unpaired) electrons. The number of benzene rings is 6. The number of hydrogen-bond donors (Lipinski definition) is 1. The minimum Gasteiger partial charge on any atom is -0.455 e. The van der Waals surface area contributed by atoms with E-state index < -0.39 is 0 Å². The maximum Gasteiger partial charge on any atom is 0.143 e. The number of nitrogens with one attached hydrogen (secondary N) is 1. The summed E-state index contributed by atoms with van der Waals surface area (Å²) in [4.78, 5) is 3.58. The third-order valence-corrected chi connectivity index (χ3v) is 9.56. The molecule has 1 N–H and O–H groups in total. The third kappa shape index (κ3) is 4.81. The van der Waals surface area contributed by atoms with Crippen molar-refractivity contribution in [3.8, 4) is 33.4 Å². The molecule has 0 amide bonds. The molecular weight excluding hydrogens is 558 g/mol. The van der Waals surface area contributed by atoms with Crippen LogP contribution in [0.1, 0.15) is 52.7 Å². The lowest BCUT2D eigenvalue weighted by Gasteiger charge is -2.19. The topological polar surface area (TPSA) is 28.9 Å². The van der Waals surface area contributed by atoms with Gasteiger partial charge in [-0.3, -0.25) is 0 Å². The predicted octanol–water partition coefficient (Wildman–Crippen LogP) is 12.8. The second-order valence-electron chi connectivity index (χ2n) is 14.8. The predicted molar refractivity (Wildman–Crippen MR) is 197 cm³/mol. The molecule has 2 heterocycles. The van der Waals surface area contributed by atoms with Gasteiger partial charge in [0, 0.05) is 38.1 Å². The van der Waals surface area contributed by atoms with Gasteiger partial charge in [0.05, 0.1) is 0 Å². The first-order valence-corrected chi connectivity index (χ1v) is 16.3. The van der Waals surface area contributed by atoms with E-state index in [-0.39, 0.29) is 10.8 Å². The molecule has 0 aliphatic carbocycles. The van der Waals surface area contributed by atoms with Gasteiger partial charge in [0.15, 0.2) is 0 Å². The first kappa shape index (κ1) is 28.4. The second kappa shape index (κ2) is 10.2. The fraction of sp³-hybridized carbons (Fsp3) is 0.182. The van der Waals surface area contributed by atoms with Crippen LogP contribution in [0.5, 0.6) is 0 Å². The van der Waals surface area contributed by atoms with Gasteiger partial charge in [-0.15, -0.1) is 0 Å². The Hall–Kier alpha value is -5.08. The Bertz CT molecular complexity index is 2400. The first-order valence-electron chi connectivity index (χ1n) is 16.3. The molecule has 0 aliphatic rings. The SMILES string of the molecule is CC(C)(C)c1ccc(-c2ccc3oc4c(-c5ccc6[nH]c7ccccc7c6c5)cc(-c5ccc(C(C)(C)C)cc5)cc4c3c2)cc1. The van der Waals surface area contributed by atoms with E-state index in [1.807, 2.05) is 0 Å². The zero-order valence-electron chi connectivity index (χ0n) is 27.5. The molecule has 0 bridgehead atoms. The van der Waals surface area contributed by atoms with Crippen LogP contribution in [0.3, 0.4) is 0 Å². The lowest BCUT2D eigenvalue weighted by atomic mass is 9.86. The highest BCUT2D eigenvalue weighted by atomic mass is 16.3. The first-order chi connectivity index (χ1) is 22.0. The Balaban J connectivity index is 1.35. The van der Waals surface area contributed by atoms with Crippen molar-refractivity contribution in [2.75, 3.05) is 0 Å². The molecule has 0 unspecified atom stereocenters. The molecule has 0 aliphatic heterocycles. The average molecular weight is 598 g/mol. The highest BCUT2D eigenvalue weighted by Crippen LogP contribution is 2.42. The molecule has 2 aromatic heterocycles. The van der Waals surface area contributed by atoms with Crippen LogP contribution in [0.15, 0.2) is 126 Å². The van der Waals surface area contributed by atoms with Crippen LogP contribution in [-0.4, -0.2) is 4.98 Å². The summed E-state index contributed by atoms with van der Waals surface area (Å²) in [5.74, 6) is 0. The smallest absolute Gasteiger partial charge is 0.143 e. The lowest BCUT2D eigenvalue weighted by Crippen LogP contribution is -2.10. The Morgan fingerprint density at radius 1 is 0.435 bits per heavy atom. The Kier molecular flexibility index (Phi) is 6.31. The minimum absolute atomic E-state index is 0.102. The van der Waals surface area contributed by atoms with Gasteiger partial charge in [-0.25, -0.2) is 0 Å². The molecule has 8 rings (SSSR count). The van der Waals surface area contributed by atoms with E-state index in [4.69, 9.17) is 4.42 Å². The van der Waals surface area contributed by atoms with Crippen LogP contribution in [0, 0.1) is 0 Å². The number of hydrogen-bond acceptors (Lipinski definition) is 1. The summed E-state index contributed by atoms with van der Waals surface area (Å²) in [6.45, 7) is 13.6. The Morgan fingerprint density at radius 2 is 0.978 bits per heavy atom. The van der Waals surface area contributed by atoms with Gasteiger partial charge in [-0.05, 0) is 92.2 Å². The van der Waals surface area contributed by atoms with E-state index >= 15 is 0 Å². The van der Waals surface area contributed by atoms with Gasteiger partial charge >= 0.3 is 0 Å². The summed E-state index contributed by atoms with van der Waals surface area (Å²) < 4.78 is 6.72.